The molecule has 0 bridgehead atoms. The molecule has 0 amide bonds. The van der Waals surface area contributed by atoms with E-state index in [1.54, 1.807) is 0 Å². The molecule has 0 aliphatic rings. The molecule has 0 saturated heterocycles. The molecule has 72 valence electrons. The summed E-state index contributed by atoms with van der Waals surface area (Å²) in [6, 6.07) is 0. The molecule has 0 saturated carbocycles. The minimum atomic E-state index is -4.68. The first-order valence-electron chi connectivity index (χ1n) is 2.69. The molecule has 1 unspecified atom stereocenters. The summed E-state index contributed by atoms with van der Waals surface area (Å²) in [6.45, 7) is 0. The molecule has 2 nitrogen and oxygen atoms in total. The largest absolute Gasteiger partial charge is 0.468 e. The molecule has 0 aliphatic heterocycles. The zero-order valence-corrected chi connectivity index (χ0v) is 9.09. The minimum absolute atomic E-state index is 0.587. The molecule has 0 radical (unpaired) electrons. The number of hydrogen-bond donors (Lipinski definition) is 0. The molecule has 0 heterocycles. The van der Waals surface area contributed by atoms with Gasteiger partial charge in [0.05, 0.1) is 7.11 Å². The average Bonchev–Trinajstić information content (AvgIpc) is 1.99. The van der Waals surface area contributed by atoms with Crippen LogP contribution in [0.25, 0.3) is 0 Å². The van der Waals surface area contributed by atoms with Gasteiger partial charge in [0.1, 0.15) is 0 Å². The van der Waals surface area contributed by atoms with Crippen molar-refractivity contribution in [1.29, 1.82) is 0 Å². The molecule has 0 aromatic rings. The van der Waals surface area contributed by atoms with Crippen molar-refractivity contribution >= 4 is 37.8 Å². The molecule has 0 aromatic heterocycles. The number of carbonyl (C=O) groups is 1. The molecular formula is C5H5Br2F3O2. The lowest BCUT2D eigenvalue weighted by Gasteiger charge is -2.24. The topological polar surface area (TPSA) is 26.3 Å². The molecule has 0 aromatic carbocycles. The predicted molar refractivity (Wildman–Crippen MR) is 43.5 cm³/mol. The smallest absolute Gasteiger partial charge is 0.415 e. The highest BCUT2D eigenvalue weighted by Gasteiger charge is 2.59. The third-order valence-corrected chi connectivity index (χ3v) is 3.79. The second-order valence-electron chi connectivity index (χ2n) is 1.92. The van der Waals surface area contributed by atoms with Crippen LogP contribution in [0.2, 0.25) is 0 Å². The summed E-state index contributed by atoms with van der Waals surface area (Å²) >= 11 is 4.87. The number of hydrogen-bond acceptors (Lipinski definition) is 2. The first-order chi connectivity index (χ1) is 5.29. The van der Waals surface area contributed by atoms with Crippen LogP contribution in [0.3, 0.4) is 0 Å². The normalized spacial score (nSPS) is 16.8. The van der Waals surface area contributed by atoms with Crippen molar-refractivity contribution in [2.24, 2.45) is 0 Å². The highest BCUT2D eigenvalue weighted by atomic mass is 79.9. The van der Waals surface area contributed by atoms with Crippen LogP contribution >= 0.6 is 31.9 Å². The quantitative estimate of drug-likeness (QED) is 0.577. The first kappa shape index (κ1) is 12.2. The van der Waals surface area contributed by atoms with E-state index in [9.17, 15) is 18.0 Å². The maximum absolute atomic E-state index is 12.2. The van der Waals surface area contributed by atoms with Crippen LogP contribution < -0.4 is 0 Å². The predicted octanol–water partition coefficient (Wildman–Crippen LogP) is 2.25. The summed E-state index contributed by atoms with van der Waals surface area (Å²) in [5, 5.41) is -0.587. The van der Waals surface area contributed by atoms with Crippen LogP contribution in [0.15, 0.2) is 0 Å². The van der Waals surface area contributed by atoms with Crippen molar-refractivity contribution in [2.75, 3.05) is 12.4 Å². The SMILES string of the molecule is COC(=O)C(Br)(CBr)C(F)(F)F. The average molecular weight is 314 g/mol. The van der Waals surface area contributed by atoms with Gasteiger partial charge in [-0.3, -0.25) is 4.79 Å². The highest BCUT2D eigenvalue weighted by Crippen LogP contribution is 2.40. The number of halogens is 5. The lowest BCUT2D eigenvalue weighted by molar-refractivity contribution is -0.179. The number of carbonyl (C=O) groups excluding carboxylic acids is 1. The molecule has 0 rings (SSSR count). The Bertz CT molecular complexity index is 182. The van der Waals surface area contributed by atoms with Gasteiger partial charge in [0, 0.05) is 5.33 Å². The summed E-state index contributed by atoms with van der Waals surface area (Å²) in [7, 11) is 0.896. The fourth-order valence-corrected chi connectivity index (χ4v) is 1.12. The molecular weight excluding hydrogens is 309 g/mol. The number of alkyl halides is 5. The second-order valence-corrected chi connectivity index (χ2v) is 3.84. The zero-order chi connectivity index (χ0) is 9.99. The first-order valence-corrected chi connectivity index (χ1v) is 4.61. The van der Waals surface area contributed by atoms with Gasteiger partial charge in [-0.15, -0.1) is 0 Å². The molecule has 7 heteroatoms. The zero-order valence-electron chi connectivity index (χ0n) is 5.91. The maximum atomic E-state index is 12.2. The van der Waals surface area contributed by atoms with Gasteiger partial charge in [-0.05, 0) is 0 Å². The van der Waals surface area contributed by atoms with E-state index in [0.29, 0.717) is 0 Å². The van der Waals surface area contributed by atoms with E-state index < -0.39 is 21.8 Å². The van der Waals surface area contributed by atoms with Crippen LogP contribution in [0.4, 0.5) is 13.2 Å². The molecule has 12 heavy (non-hydrogen) atoms. The van der Waals surface area contributed by atoms with Crippen LogP contribution in [0.5, 0.6) is 0 Å². The number of ether oxygens (including phenoxy) is 1. The Hall–Kier alpha value is 0.220. The van der Waals surface area contributed by atoms with Crippen molar-refractivity contribution in [1.82, 2.24) is 0 Å². The fourth-order valence-electron chi connectivity index (χ4n) is 0.408. The van der Waals surface area contributed by atoms with Crippen molar-refractivity contribution in [3.63, 3.8) is 0 Å². The van der Waals surface area contributed by atoms with Gasteiger partial charge in [0.2, 0.25) is 4.32 Å². The van der Waals surface area contributed by atoms with Crippen LogP contribution in [0.1, 0.15) is 0 Å². The van der Waals surface area contributed by atoms with Crippen molar-refractivity contribution in [3.8, 4) is 0 Å². The van der Waals surface area contributed by atoms with E-state index in [0.717, 1.165) is 7.11 Å². The van der Waals surface area contributed by atoms with Crippen molar-refractivity contribution < 1.29 is 22.7 Å². The van der Waals surface area contributed by atoms with Crippen LogP contribution in [-0.2, 0) is 9.53 Å². The lowest BCUT2D eigenvalue weighted by atomic mass is 10.2. The van der Waals surface area contributed by atoms with E-state index in [1.807, 2.05) is 0 Å². The Kier molecular flexibility index (Phi) is 4.02. The standard InChI is InChI=1S/C5H5Br2F3O2/c1-12-3(11)4(7,2-6)5(8,9)10/h2H2,1H3. The highest BCUT2D eigenvalue weighted by molar-refractivity contribution is 9.12. The molecule has 1 atom stereocenters. The third kappa shape index (κ3) is 2.12. The van der Waals surface area contributed by atoms with Crippen LogP contribution in [0, 0.1) is 0 Å². The van der Waals surface area contributed by atoms with Crippen molar-refractivity contribution in [2.45, 2.75) is 10.5 Å². The monoisotopic (exact) mass is 312 g/mol. The molecule has 0 aliphatic carbocycles. The van der Waals surface area contributed by atoms with Gasteiger partial charge < -0.3 is 4.74 Å². The second kappa shape index (κ2) is 3.95. The Morgan fingerprint density at radius 3 is 2.00 bits per heavy atom. The van der Waals surface area contributed by atoms with Gasteiger partial charge in [0.15, 0.2) is 0 Å². The summed E-state index contributed by atoms with van der Waals surface area (Å²) in [5.41, 5.74) is 0. The number of esters is 1. The van der Waals surface area contributed by atoms with E-state index in [2.05, 4.69) is 36.6 Å². The minimum Gasteiger partial charge on any atom is -0.468 e. The summed E-state index contributed by atoms with van der Waals surface area (Å²) in [4.78, 5) is 10.7. The van der Waals surface area contributed by atoms with E-state index in [4.69, 9.17) is 0 Å². The Morgan fingerprint density at radius 1 is 1.50 bits per heavy atom. The summed E-state index contributed by atoms with van der Waals surface area (Å²) in [5.74, 6) is -1.37. The van der Waals surface area contributed by atoms with E-state index >= 15 is 0 Å². The van der Waals surface area contributed by atoms with Gasteiger partial charge in [0.25, 0.3) is 0 Å². The molecule has 0 fully saturated rings. The van der Waals surface area contributed by atoms with Crippen LogP contribution in [-0.4, -0.2) is 28.9 Å². The number of rotatable bonds is 2. The molecule has 0 spiro atoms. The Balaban J connectivity index is 4.80. The van der Waals surface area contributed by atoms with E-state index in [-0.39, 0.29) is 0 Å². The van der Waals surface area contributed by atoms with E-state index in [1.165, 1.54) is 0 Å². The maximum Gasteiger partial charge on any atom is 0.415 e. The van der Waals surface area contributed by atoms with Crippen molar-refractivity contribution in [3.05, 3.63) is 0 Å². The number of methoxy groups -OCH3 is 1. The summed E-state index contributed by atoms with van der Waals surface area (Å²) in [6.07, 6.45) is -4.68. The third-order valence-electron chi connectivity index (χ3n) is 1.14. The Morgan fingerprint density at radius 2 is 1.92 bits per heavy atom. The summed E-state index contributed by atoms with van der Waals surface area (Å²) < 4.78 is 37.8. The fraction of sp³-hybridized carbons (Fsp3) is 0.800. The van der Waals surface area contributed by atoms with Gasteiger partial charge >= 0.3 is 12.1 Å². The van der Waals surface area contributed by atoms with Gasteiger partial charge in [-0.1, -0.05) is 31.9 Å². The van der Waals surface area contributed by atoms with Gasteiger partial charge in [-0.2, -0.15) is 13.2 Å². The lowest BCUT2D eigenvalue weighted by Crippen LogP contribution is -2.48. The molecule has 0 N–H and O–H groups in total. The Labute approximate surface area is 83.7 Å². The van der Waals surface area contributed by atoms with Gasteiger partial charge in [-0.25, -0.2) is 0 Å².